The lowest BCUT2D eigenvalue weighted by molar-refractivity contribution is 0.496. The molecule has 0 saturated heterocycles. The summed E-state index contributed by atoms with van der Waals surface area (Å²) >= 11 is 2.30. The van der Waals surface area contributed by atoms with Gasteiger partial charge >= 0.3 is 0 Å². The zero-order valence-corrected chi connectivity index (χ0v) is 5.69. The van der Waals surface area contributed by atoms with Crippen LogP contribution in [0.15, 0.2) is 0 Å². The summed E-state index contributed by atoms with van der Waals surface area (Å²) in [4.78, 5) is 2.11. The fourth-order valence-electron chi connectivity index (χ4n) is 0. The molecule has 0 rings (SSSR count). The Labute approximate surface area is 61.2 Å². The van der Waals surface area contributed by atoms with Gasteiger partial charge in [0.15, 0.2) is 0 Å². The summed E-state index contributed by atoms with van der Waals surface area (Å²) in [6.07, 6.45) is 0. The van der Waals surface area contributed by atoms with Crippen molar-refractivity contribution in [2.45, 2.75) is 14.9 Å². The monoisotopic (exact) mass is 217 g/mol. The van der Waals surface area contributed by atoms with Crippen LogP contribution in [0.5, 0.6) is 0 Å². The molecule has 0 aliphatic heterocycles. The van der Waals surface area contributed by atoms with Crippen LogP contribution in [0.4, 0.5) is 0 Å². The van der Waals surface area contributed by atoms with Crippen molar-refractivity contribution in [2.24, 2.45) is 0 Å². The highest BCUT2D eigenvalue weighted by Gasteiger charge is 1.73. The molecule has 0 N–H and O–H groups in total. The van der Waals surface area contributed by atoms with Gasteiger partial charge in [0.1, 0.15) is 0 Å². The average Bonchev–Trinajstić information content (AvgIpc) is 1.38. The van der Waals surface area contributed by atoms with Crippen molar-refractivity contribution in [3.05, 3.63) is 0 Å². The maximum atomic E-state index is 2.30. The Balaban J connectivity index is -0.0000000800. The highest BCUT2D eigenvalue weighted by molar-refractivity contribution is 14.1. The van der Waals surface area contributed by atoms with E-state index in [1.54, 1.807) is 0 Å². The third kappa shape index (κ3) is 20.3. The molecule has 0 spiro atoms. The summed E-state index contributed by atoms with van der Waals surface area (Å²) in [5.74, 6) is 0. The van der Waals surface area contributed by atoms with Crippen LogP contribution in [-0.2, 0) is 0 Å². The second kappa shape index (κ2) is 9.85. The molecule has 1 nitrogen and oxygen atoms in total. The van der Waals surface area contributed by atoms with E-state index in [0.29, 0.717) is 0 Å². The fraction of sp³-hybridized carbons (Fsp3) is 1.00. The van der Waals surface area contributed by atoms with E-state index in [2.05, 4.69) is 27.5 Å². The van der Waals surface area contributed by atoms with Gasteiger partial charge in [-0.15, -0.1) is 0 Å². The van der Waals surface area contributed by atoms with Crippen molar-refractivity contribution in [3.63, 3.8) is 0 Å². The van der Waals surface area contributed by atoms with Gasteiger partial charge in [0.2, 0.25) is 0 Å². The number of halogens is 1. The predicted molar refractivity (Wildman–Crippen MR) is 46.0 cm³/mol. The average molecular weight is 217 g/mol. The van der Waals surface area contributed by atoms with Crippen LogP contribution in [0, 0.1) is 0 Å². The zero-order chi connectivity index (χ0) is 4.28. The van der Waals surface area contributed by atoms with E-state index < -0.39 is 0 Å². The van der Waals surface area contributed by atoms with Gasteiger partial charge in [0, 0.05) is 4.55 Å². The molecule has 0 radical (unpaired) electrons. The van der Waals surface area contributed by atoms with Crippen LogP contribution < -0.4 is 0 Å². The number of alkyl halides is 1. The Morgan fingerprint density at radius 2 is 1.43 bits per heavy atom. The maximum absolute atomic E-state index is 2.30. The molecule has 2 heteroatoms. The lowest BCUT2D eigenvalue weighted by Gasteiger charge is -1.98. The van der Waals surface area contributed by atoms with Crippen molar-refractivity contribution >= 4 is 22.6 Å². The topological polar surface area (TPSA) is 3.24 Å². The zero-order valence-electron chi connectivity index (χ0n) is 3.53. The fourth-order valence-corrected chi connectivity index (χ4v) is 0. The smallest absolute Gasteiger partial charge is 0.0500 e. The number of hydrogen-bond acceptors (Lipinski definition) is 1. The number of nitrogens with zero attached hydrogens (tertiary/aromatic N) is 1. The van der Waals surface area contributed by atoms with Crippen molar-refractivity contribution in [1.82, 2.24) is 4.90 Å². The van der Waals surface area contributed by atoms with Gasteiger partial charge in [0.25, 0.3) is 0 Å². The molecule has 0 fully saturated rings. The van der Waals surface area contributed by atoms with Crippen LogP contribution >= 0.6 is 22.6 Å². The van der Waals surface area contributed by atoms with Crippen molar-refractivity contribution < 1.29 is 0 Å². The first-order valence-corrected chi connectivity index (χ1v) is 3.00. The normalized spacial score (nSPS) is 6.86. The first-order valence-electron chi connectivity index (χ1n) is 1.48. The van der Waals surface area contributed by atoms with Crippen LogP contribution in [0.2, 0.25) is 0 Å². The SMILES string of the molecule is C.C.CN(C)CI. The van der Waals surface area contributed by atoms with Gasteiger partial charge in [-0.2, -0.15) is 0 Å². The molecule has 0 bridgehead atoms. The summed E-state index contributed by atoms with van der Waals surface area (Å²) in [6, 6.07) is 0. The van der Waals surface area contributed by atoms with E-state index in [1.165, 1.54) is 0 Å². The second-order valence-corrected chi connectivity index (χ2v) is 1.88. The van der Waals surface area contributed by atoms with Crippen LogP contribution in [0.25, 0.3) is 0 Å². The molecule has 0 aliphatic carbocycles. The molecule has 0 unspecified atom stereocenters. The summed E-state index contributed by atoms with van der Waals surface area (Å²) in [5, 5.41) is 0. The molecule has 48 valence electrons. The Morgan fingerprint density at radius 1 is 1.29 bits per heavy atom. The van der Waals surface area contributed by atoms with E-state index in [1.807, 2.05) is 14.1 Å². The van der Waals surface area contributed by atoms with E-state index in [-0.39, 0.29) is 14.9 Å². The Hall–Kier alpha value is 0.690. The summed E-state index contributed by atoms with van der Waals surface area (Å²) in [5.41, 5.74) is 0. The van der Waals surface area contributed by atoms with Gasteiger partial charge in [-0.05, 0) is 14.1 Å². The maximum Gasteiger partial charge on any atom is 0.0500 e. The lowest BCUT2D eigenvalue weighted by atomic mass is 11.0. The molecular formula is C5H16IN. The van der Waals surface area contributed by atoms with E-state index in [9.17, 15) is 0 Å². The molecule has 0 aromatic rings. The summed E-state index contributed by atoms with van der Waals surface area (Å²) in [7, 11) is 4.10. The summed E-state index contributed by atoms with van der Waals surface area (Å²) < 4.78 is 1.11. The van der Waals surface area contributed by atoms with Gasteiger partial charge in [-0.1, -0.05) is 37.4 Å². The van der Waals surface area contributed by atoms with Gasteiger partial charge < -0.3 is 4.90 Å². The standard InChI is InChI=1S/C3H8IN.2CH4/c1-5(2)3-4;;/h3H2,1-2H3;2*1H4. The largest absolute Gasteiger partial charge is 0.300 e. The molecule has 0 aromatic heterocycles. The van der Waals surface area contributed by atoms with Crippen molar-refractivity contribution in [2.75, 3.05) is 18.6 Å². The minimum atomic E-state index is 0. The van der Waals surface area contributed by atoms with Crippen molar-refractivity contribution in [3.8, 4) is 0 Å². The van der Waals surface area contributed by atoms with Crippen LogP contribution in [0.1, 0.15) is 14.9 Å². The molecule has 0 amide bonds. The predicted octanol–water partition coefficient (Wildman–Crippen LogP) is 2.21. The molecule has 0 aromatic carbocycles. The first-order chi connectivity index (χ1) is 2.27. The summed E-state index contributed by atoms with van der Waals surface area (Å²) in [6.45, 7) is 0. The van der Waals surface area contributed by atoms with Crippen molar-refractivity contribution in [1.29, 1.82) is 0 Å². The Kier molecular flexibility index (Phi) is 22.0. The van der Waals surface area contributed by atoms with Crippen LogP contribution in [0.3, 0.4) is 0 Å². The minimum absolute atomic E-state index is 0. The molecule has 7 heavy (non-hydrogen) atoms. The number of rotatable bonds is 1. The number of hydrogen-bond donors (Lipinski definition) is 0. The minimum Gasteiger partial charge on any atom is -0.300 e. The Morgan fingerprint density at radius 3 is 1.43 bits per heavy atom. The van der Waals surface area contributed by atoms with E-state index in [0.717, 1.165) is 4.55 Å². The second-order valence-electron chi connectivity index (χ2n) is 1.20. The van der Waals surface area contributed by atoms with Gasteiger partial charge in [0.05, 0.1) is 0 Å². The lowest BCUT2D eigenvalue weighted by Crippen LogP contribution is -2.06. The Bertz CT molecular complexity index is 22.0. The van der Waals surface area contributed by atoms with Gasteiger partial charge in [-0.25, -0.2) is 0 Å². The highest BCUT2D eigenvalue weighted by Crippen LogP contribution is 1.80. The third-order valence-corrected chi connectivity index (χ3v) is 1.60. The molecule has 0 aliphatic rings. The molecule has 0 heterocycles. The molecular weight excluding hydrogens is 201 g/mol. The van der Waals surface area contributed by atoms with Gasteiger partial charge in [-0.3, -0.25) is 0 Å². The molecule has 0 saturated carbocycles. The molecule has 0 atom stereocenters. The van der Waals surface area contributed by atoms with E-state index in [4.69, 9.17) is 0 Å². The van der Waals surface area contributed by atoms with E-state index >= 15 is 0 Å². The third-order valence-electron chi connectivity index (χ3n) is 0.239. The van der Waals surface area contributed by atoms with Crippen LogP contribution in [-0.4, -0.2) is 23.5 Å². The highest BCUT2D eigenvalue weighted by atomic mass is 127. The first kappa shape index (κ1) is 15.6. The quantitative estimate of drug-likeness (QED) is 0.369.